The van der Waals surface area contributed by atoms with Crippen LogP contribution in [-0.2, 0) is 4.74 Å². The number of amides is 1. The van der Waals surface area contributed by atoms with Crippen LogP contribution in [0.1, 0.15) is 66.3 Å². The Labute approximate surface area is 211 Å². The van der Waals surface area contributed by atoms with Crippen LogP contribution in [0, 0.1) is 0 Å². The number of anilines is 3. The second-order valence-corrected chi connectivity index (χ2v) is 10.7. The summed E-state index contributed by atoms with van der Waals surface area (Å²) >= 11 is 6.18. The average Bonchev–Trinajstić information content (AvgIpc) is 3.18. The highest BCUT2D eigenvalue weighted by molar-refractivity contribution is 6.30. The van der Waals surface area contributed by atoms with Crippen LogP contribution in [-0.4, -0.2) is 43.3 Å². The molecular formula is C25H34ClN7O2. The SMILES string of the molecule is CC(C)n1cnc2c(Nc3cccc(Cl)c3)nc(NC3CCCCC3NC(=O)OC(C)(C)C)nc21. The summed E-state index contributed by atoms with van der Waals surface area (Å²) in [6.07, 6.45) is 5.22. The van der Waals surface area contributed by atoms with E-state index in [2.05, 4.69) is 34.8 Å². The third kappa shape index (κ3) is 6.33. The van der Waals surface area contributed by atoms with Crippen molar-refractivity contribution in [3.8, 4) is 0 Å². The lowest BCUT2D eigenvalue weighted by Gasteiger charge is -2.33. The fourth-order valence-electron chi connectivity index (χ4n) is 4.25. The molecule has 2 heterocycles. The maximum absolute atomic E-state index is 12.4. The lowest BCUT2D eigenvalue weighted by Crippen LogP contribution is -2.50. The van der Waals surface area contributed by atoms with Crippen LogP contribution < -0.4 is 16.0 Å². The van der Waals surface area contributed by atoms with E-state index in [1.54, 1.807) is 6.33 Å². The minimum Gasteiger partial charge on any atom is -0.444 e. The van der Waals surface area contributed by atoms with Crippen molar-refractivity contribution in [2.45, 2.75) is 84.0 Å². The molecule has 1 aliphatic rings. The molecule has 4 rings (SSSR count). The van der Waals surface area contributed by atoms with Gasteiger partial charge >= 0.3 is 6.09 Å². The van der Waals surface area contributed by atoms with Gasteiger partial charge in [-0.3, -0.25) is 0 Å². The van der Waals surface area contributed by atoms with E-state index in [0.717, 1.165) is 37.0 Å². The summed E-state index contributed by atoms with van der Waals surface area (Å²) in [7, 11) is 0. The normalized spacial score (nSPS) is 18.5. The second-order valence-electron chi connectivity index (χ2n) is 10.2. The van der Waals surface area contributed by atoms with Gasteiger partial charge in [-0.25, -0.2) is 9.78 Å². The molecule has 1 saturated carbocycles. The summed E-state index contributed by atoms with van der Waals surface area (Å²) in [6.45, 7) is 9.75. The molecular weight excluding hydrogens is 466 g/mol. The molecule has 0 spiro atoms. The summed E-state index contributed by atoms with van der Waals surface area (Å²) in [5, 5.41) is 10.5. The lowest BCUT2D eigenvalue weighted by molar-refractivity contribution is 0.0488. The molecule has 2 aromatic heterocycles. The summed E-state index contributed by atoms with van der Waals surface area (Å²) in [5.41, 5.74) is 1.67. The molecule has 0 saturated heterocycles. The van der Waals surface area contributed by atoms with Gasteiger partial charge in [-0.2, -0.15) is 9.97 Å². The first-order valence-corrected chi connectivity index (χ1v) is 12.5. The highest BCUT2D eigenvalue weighted by Gasteiger charge is 2.29. The standard InChI is InChI=1S/C25H34ClN7O2/c1-15(2)33-14-27-20-21(28-17-10-8-9-16(26)13-17)31-23(32-22(20)33)29-18-11-6-7-12-19(18)30-24(34)35-25(3,4)5/h8-10,13-15,18-19H,6-7,11-12H2,1-5H3,(H,30,34)(H2,28,29,31,32). The molecule has 0 aliphatic heterocycles. The van der Waals surface area contributed by atoms with Crippen molar-refractivity contribution in [3.05, 3.63) is 35.6 Å². The first-order valence-electron chi connectivity index (χ1n) is 12.1. The number of hydrogen-bond donors (Lipinski definition) is 3. The monoisotopic (exact) mass is 499 g/mol. The Hall–Kier alpha value is -3.07. The second kappa shape index (κ2) is 10.3. The Morgan fingerprint density at radius 1 is 1.17 bits per heavy atom. The van der Waals surface area contributed by atoms with Gasteiger partial charge in [0, 0.05) is 22.8 Å². The van der Waals surface area contributed by atoms with E-state index >= 15 is 0 Å². The van der Waals surface area contributed by atoms with E-state index in [1.807, 2.05) is 49.6 Å². The number of carbonyl (C=O) groups is 1. The third-order valence-corrected chi connectivity index (χ3v) is 6.08. The molecule has 3 N–H and O–H groups in total. The number of ether oxygens (including phenoxy) is 1. The minimum absolute atomic E-state index is 0.0249. The van der Waals surface area contributed by atoms with Crippen LogP contribution in [0.5, 0.6) is 0 Å². The van der Waals surface area contributed by atoms with E-state index in [4.69, 9.17) is 26.3 Å². The first kappa shape index (κ1) is 25.0. The summed E-state index contributed by atoms with van der Waals surface area (Å²) in [4.78, 5) is 26.6. The van der Waals surface area contributed by atoms with Gasteiger partial charge in [-0.1, -0.05) is 30.5 Å². The van der Waals surface area contributed by atoms with Crippen molar-refractivity contribution in [2.75, 3.05) is 10.6 Å². The molecule has 188 valence electrons. The molecule has 1 amide bonds. The van der Waals surface area contributed by atoms with Crippen LogP contribution in [0.3, 0.4) is 0 Å². The Kier molecular flexibility index (Phi) is 7.35. The molecule has 3 aromatic rings. The predicted octanol–water partition coefficient (Wildman–Crippen LogP) is 6.05. The maximum Gasteiger partial charge on any atom is 0.407 e. The molecule has 35 heavy (non-hydrogen) atoms. The van der Waals surface area contributed by atoms with Crippen molar-refractivity contribution >= 4 is 46.3 Å². The first-order chi connectivity index (χ1) is 16.6. The Balaban J connectivity index is 1.63. The summed E-state index contributed by atoms with van der Waals surface area (Å²) in [6, 6.07) is 7.53. The number of hydrogen-bond acceptors (Lipinski definition) is 7. The quantitative estimate of drug-likeness (QED) is 0.379. The van der Waals surface area contributed by atoms with Gasteiger partial charge in [0.25, 0.3) is 0 Å². The van der Waals surface area contributed by atoms with Gasteiger partial charge < -0.3 is 25.3 Å². The van der Waals surface area contributed by atoms with Crippen LogP contribution in [0.4, 0.5) is 22.2 Å². The molecule has 2 unspecified atom stereocenters. The minimum atomic E-state index is -0.550. The highest BCUT2D eigenvalue weighted by Crippen LogP contribution is 2.29. The van der Waals surface area contributed by atoms with E-state index in [1.165, 1.54) is 0 Å². The predicted molar refractivity (Wildman–Crippen MR) is 139 cm³/mol. The lowest BCUT2D eigenvalue weighted by atomic mass is 9.90. The number of alkyl carbamates (subject to hydrolysis) is 1. The number of halogens is 1. The van der Waals surface area contributed by atoms with Gasteiger partial charge in [0.2, 0.25) is 5.95 Å². The Morgan fingerprint density at radius 3 is 2.60 bits per heavy atom. The number of imidazole rings is 1. The molecule has 0 bridgehead atoms. The zero-order valence-corrected chi connectivity index (χ0v) is 21.7. The highest BCUT2D eigenvalue weighted by atomic mass is 35.5. The number of nitrogens with zero attached hydrogens (tertiary/aromatic N) is 4. The van der Waals surface area contributed by atoms with Gasteiger partial charge in [0.05, 0.1) is 12.4 Å². The Morgan fingerprint density at radius 2 is 1.91 bits per heavy atom. The van der Waals surface area contributed by atoms with Crippen LogP contribution in [0.25, 0.3) is 11.2 Å². The van der Waals surface area contributed by atoms with Crippen LogP contribution in [0.15, 0.2) is 30.6 Å². The number of carbonyl (C=O) groups excluding carboxylic acids is 1. The van der Waals surface area contributed by atoms with E-state index in [-0.39, 0.29) is 18.1 Å². The number of fused-ring (bicyclic) bond motifs is 1. The number of rotatable bonds is 6. The zero-order chi connectivity index (χ0) is 25.2. The molecule has 1 aromatic carbocycles. The van der Waals surface area contributed by atoms with Crippen LogP contribution >= 0.6 is 11.6 Å². The zero-order valence-electron chi connectivity index (χ0n) is 20.9. The molecule has 1 aliphatic carbocycles. The van der Waals surface area contributed by atoms with E-state index in [0.29, 0.717) is 22.3 Å². The fourth-order valence-corrected chi connectivity index (χ4v) is 4.44. The van der Waals surface area contributed by atoms with Crippen molar-refractivity contribution in [1.82, 2.24) is 24.8 Å². The van der Waals surface area contributed by atoms with Gasteiger partial charge in [-0.05, 0) is 65.7 Å². The smallest absolute Gasteiger partial charge is 0.407 e. The molecule has 10 heteroatoms. The molecule has 9 nitrogen and oxygen atoms in total. The molecule has 0 radical (unpaired) electrons. The van der Waals surface area contributed by atoms with Crippen LogP contribution in [0.2, 0.25) is 5.02 Å². The number of benzene rings is 1. The van der Waals surface area contributed by atoms with Crippen molar-refractivity contribution in [1.29, 1.82) is 0 Å². The van der Waals surface area contributed by atoms with E-state index < -0.39 is 11.7 Å². The number of aromatic nitrogens is 4. The maximum atomic E-state index is 12.4. The average molecular weight is 500 g/mol. The van der Waals surface area contributed by atoms with Crippen molar-refractivity contribution in [2.24, 2.45) is 0 Å². The summed E-state index contributed by atoms with van der Waals surface area (Å²) in [5.74, 6) is 1.07. The number of nitrogens with one attached hydrogen (secondary N) is 3. The summed E-state index contributed by atoms with van der Waals surface area (Å²) < 4.78 is 7.50. The van der Waals surface area contributed by atoms with Crippen molar-refractivity contribution in [3.63, 3.8) is 0 Å². The van der Waals surface area contributed by atoms with E-state index in [9.17, 15) is 4.79 Å². The van der Waals surface area contributed by atoms with Gasteiger partial charge in [0.15, 0.2) is 17.0 Å². The van der Waals surface area contributed by atoms with Crippen molar-refractivity contribution < 1.29 is 9.53 Å². The topological polar surface area (TPSA) is 106 Å². The van der Waals surface area contributed by atoms with Gasteiger partial charge in [0.1, 0.15) is 5.60 Å². The van der Waals surface area contributed by atoms with Gasteiger partial charge in [-0.15, -0.1) is 0 Å². The molecule has 2 atom stereocenters. The fraction of sp³-hybridized carbons (Fsp3) is 0.520. The largest absolute Gasteiger partial charge is 0.444 e. The Bertz CT molecular complexity index is 1190. The molecule has 1 fully saturated rings. The third-order valence-electron chi connectivity index (χ3n) is 5.85.